The first kappa shape index (κ1) is 14.0. The molecule has 0 spiro atoms. The number of hydrogen-bond acceptors (Lipinski definition) is 3. The Labute approximate surface area is 115 Å². The van der Waals surface area contributed by atoms with Crippen LogP contribution in [-0.2, 0) is 10.0 Å². The highest BCUT2D eigenvalue weighted by Crippen LogP contribution is 2.16. The summed E-state index contributed by atoms with van der Waals surface area (Å²) < 4.78 is 39.1. The third-order valence-electron chi connectivity index (χ3n) is 2.55. The monoisotopic (exact) mass is 294 g/mol. The predicted molar refractivity (Wildman–Crippen MR) is 72.2 cm³/mol. The summed E-state index contributed by atoms with van der Waals surface area (Å²) >= 11 is 0. The average molecular weight is 294 g/mol. The zero-order chi connectivity index (χ0) is 14.8. The molecule has 0 saturated carbocycles. The summed E-state index contributed by atoms with van der Waals surface area (Å²) in [4.78, 5) is 10.9. The van der Waals surface area contributed by atoms with Crippen LogP contribution in [0.15, 0.2) is 53.4 Å². The maximum Gasteiger partial charge on any atom is 0.261 e. The second-order valence-electron chi connectivity index (χ2n) is 4.00. The lowest BCUT2D eigenvalue weighted by atomic mass is 10.2. The molecule has 0 saturated heterocycles. The smallest absolute Gasteiger partial charge is 0.261 e. The number of halogens is 1. The Hall–Kier alpha value is -2.41. The summed E-state index contributed by atoms with van der Waals surface area (Å²) in [5.74, 6) is -1.10. The van der Waals surface area contributed by atoms with Crippen LogP contribution in [0.1, 0.15) is 10.4 Å². The molecule has 0 atom stereocenters. The number of rotatable bonds is 4. The van der Waals surface area contributed by atoms with Crippen molar-refractivity contribution in [2.45, 2.75) is 4.90 Å². The summed E-state index contributed by atoms with van der Waals surface area (Å²) in [5.41, 5.74) is 5.53. The molecule has 2 aromatic rings. The maximum atomic E-state index is 12.7. The zero-order valence-electron chi connectivity index (χ0n) is 10.2. The van der Waals surface area contributed by atoms with Gasteiger partial charge in [-0.2, -0.15) is 0 Å². The van der Waals surface area contributed by atoms with Gasteiger partial charge in [-0.05, 0) is 48.5 Å². The fourth-order valence-corrected chi connectivity index (χ4v) is 2.59. The van der Waals surface area contributed by atoms with Gasteiger partial charge >= 0.3 is 0 Å². The highest BCUT2D eigenvalue weighted by atomic mass is 32.2. The van der Waals surface area contributed by atoms with Crippen LogP contribution in [-0.4, -0.2) is 14.3 Å². The first-order chi connectivity index (χ1) is 9.38. The lowest BCUT2D eigenvalue weighted by Gasteiger charge is -2.08. The van der Waals surface area contributed by atoms with E-state index in [1.165, 1.54) is 36.4 Å². The van der Waals surface area contributed by atoms with Gasteiger partial charge in [0.15, 0.2) is 0 Å². The van der Waals surface area contributed by atoms with Crippen LogP contribution in [0.3, 0.4) is 0 Å². The molecule has 0 aliphatic carbocycles. The Kier molecular flexibility index (Phi) is 3.71. The number of nitrogens with one attached hydrogen (secondary N) is 1. The van der Waals surface area contributed by atoms with Crippen molar-refractivity contribution in [3.63, 3.8) is 0 Å². The molecular weight excluding hydrogens is 283 g/mol. The van der Waals surface area contributed by atoms with Crippen LogP contribution in [0.25, 0.3) is 0 Å². The normalized spacial score (nSPS) is 11.1. The number of sulfonamides is 1. The topological polar surface area (TPSA) is 89.3 Å². The van der Waals surface area contributed by atoms with Crippen LogP contribution < -0.4 is 10.5 Å². The van der Waals surface area contributed by atoms with Gasteiger partial charge in [-0.15, -0.1) is 0 Å². The SMILES string of the molecule is NC(=O)c1ccc(S(=O)(=O)Nc2ccc(F)cc2)cc1. The molecule has 2 rings (SSSR count). The van der Waals surface area contributed by atoms with Crippen LogP contribution in [0.5, 0.6) is 0 Å². The maximum absolute atomic E-state index is 12.7. The predicted octanol–water partition coefficient (Wildman–Crippen LogP) is 1.73. The van der Waals surface area contributed by atoms with Crippen LogP contribution in [0.2, 0.25) is 0 Å². The van der Waals surface area contributed by atoms with E-state index in [1.54, 1.807) is 0 Å². The molecule has 0 fully saturated rings. The van der Waals surface area contributed by atoms with Crippen LogP contribution >= 0.6 is 0 Å². The van der Waals surface area contributed by atoms with Crippen molar-refractivity contribution < 1.29 is 17.6 Å². The van der Waals surface area contributed by atoms with E-state index in [-0.39, 0.29) is 16.1 Å². The van der Waals surface area contributed by atoms with E-state index in [2.05, 4.69) is 4.72 Å². The number of carbonyl (C=O) groups is 1. The summed E-state index contributed by atoms with van der Waals surface area (Å²) in [6, 6.07) is 10.1. The first-order valence-electron chi connectivity index (χ1n) is 5.57. The lowest BCUT2D eigenvalue weighted by Crippen LogP contribution is -2.14. The fraction of sp³-hybridized carbons (Fsp3) is 0. The van der Waals surface area contributed by atoms with Gasteiger partial charge in [-0.25, -0.2) is 12.8 Å². The summed E-state index contributed by atoms with van der Waals surface area (Å²) in [6.07, 6.45) is 0. The van der Waals surface area contributed by atoms with E-state index in [1.807, 2.05) is 0 Å². The van der Waals surface area contributed by atoms with Crippen molar-refractivity contribution in [2.75, 3.05) is 4.72 Å². The minimum absolute atomic E-state index is 0.0215. The molecule has 0 aliphatic heterocycles. The van der Waals surface area contributed by atoms with Gasteiger partial charge in [-0.3, -0.25) is 9.52 Å². The molecule has 0 aliphatic rings. The van der Waals surface area contributed by atoms with Crippen molar-refractivity contribution in [3.05, 3.63) is 59.9 Å². The number of amides is 1. The van der Waals surface area contributed by atoms with E-state index in [4.69, 9.17) is 5.73 Å². The molecular formula is C13H11FN2O3S. The van der Waals surface area contributed by atoms with Crippen molar-refractivity contribution in [1.29, 1.82) is 0 Å². The van der Waals surface area contributed by atoms with Gasteiger partial charge in [0.05, 0.1) is 4.90 Å². The van der Waals surface area contributed by atoms with Crippen LogP contribution in [0, 0.1) is 5.82 Å². The third kappa shape index (κ3) is 3.12. The Balaban J connectivity index is 2.26. The molecule has 7 heteroatoms. The van der Waals surface area contributed by atoms with E-state index in [0.717, 1.165) is 12.1 Å². The molecule has 2 aromatic carbocycles. The summed E-state index contributed by atoms with van der Waals surface area (Å²) in [6.45, 7) is 0. The molecule has 1 amide bonds. The molecule has 3 N–H and O–H groups in total. The highest BCUT2D eigenvalue weighted by Gasteiger charge is 2.14. The molecule has 0 unspecified atom stereocenters. The van der Waals surface area contributed by atoms with E-state index in [9.17, 15) is 17.6 Å². The van der Waals surface area contributed by atoms with Crippen molar-refractivity contribution in [1.82, 2.24) is 0 Å². The highest BCUT2D eigenvalue weighted by molar-refractivity contribution is 7.92. The molecule has 0 heterocycles. The van der Waals surface area contributed by atoms with Gasteiger partial charge in [0.2, 0.25) is 5.91 Å². The largest absolute Gasteiger partial charge is 0.366 e. The van der Waals surface area contributed by atoms with Gasteiger partial charge in [0, 0.05) is 11.3 Å². The Bertz CT molecular complexity index is 725. The number of nitrogens with two attached hydrogens (primary N) is 1. The quantitative estimate of drug-likeness (QED) is 0.899. The van der Waals surface area contributed by atoms with Gasteiger partial charge in [0.1, 0.15) is 5.82 Å². The number of benzene rings is 2. The van der Waals surface area contributed by atoms with Gasteiger partial charge < -0.3 is 5.73 Å². The Morgan fingerprint density at radius 3 is 2.05 bits per heavy atom. The Morgan fingerprint density at radius 2 is 1.55 bits per heavy atom. The third-order valence-corrected chi connectivity index (χ3v) is 3.94. The van der Waals surface area contributed by atoms with Crippen molar-refractivity contribution >= 4 is 21.6 Å². The molecule has 0 radical (unpaired) electrons. The Morgan fingerprint density at radius 1 is 1.00 bits per heavy atom. The number of anilines is 1. The molecule has 5 nitrogen and oxygen atoms in total. The minimum Gasteiger partial charge on any atom is -0.366 e. The van der Waals surface area contributed by atoms with Crippen molar-refractivity contribution in [2.24, 2.45) is 5.73 Å². The van der Waals surface area contributed by atoms with Gasteiger partial charge in [-0.1, -0.05) is 0 Å². The van der Waals surface area contributed by atoms with Crippen molar-refractivity contribution in [3.8, 4) is 0 Å². The second kappa shape index (κ2) is 5.30. The minimum atomic E-state index is -3.79. The summed E-state index contributed by atoms with van der Waals surface area (Å²) in [7, 11) is -3.79. The lowest BCUT2D eigenvalue weighted by molar-refractivity contribution is 0.1000. The molecule has 0 bridgehead atoms. The van der Waals surface area contributed by atoms with E-state index in [0.29, 0.717) is 0 Å². The first-order valence-corrected chi connectivity index (χ1v) is 7.05. The summed E-state index contributed by atoms with van der Waals surface area (Å²) in [5, 5.41) is 0. The second-order valence-corrected chi connectivity index (χ2v) is 5.68. The number of primary amides is 1. The number of hydrogen-bond donors (Lipinski definition) is 2. The fourth-order valence-electron chi connectivity index (χ4n) is 1.53. The molecule has 0 aromatic heterocycles. The van der Waals surface area contributed by atoms with Gasteiger partial charge in [0.25, 0.3) is 10.0 Å². The van der Waals surface area contributed by atoms with E-state index < -0.39 is 21.7 Å². The zero-order valence-corrected chi connectivity index (χ0v) is 11.0. The molecule has 20 heavy (non-hydrogen) atoms. The molecule has 104 valence electrons. The standard InChI is InChI=1S/C13H11FN2O3S/c14-10-3-5-11(6-4-10)16-20(18,19)12-7-1-9(2-8-12)13(15)17/h1-8,16H,(H2,15,17). The van der Waals surface area contributed by atoms with Crippen LogP contribution in [0.4, 0.5) is 10.1 Å². The van der Waals surface area contributed by atoms with E-state index >= 15 is 0 Å². The number of carbonyl (C=O) groups excluding carboxylic acids is 1. The average Bonchev–Trinajstić information content (AvgIpc) is 2.41.